The summed E-state index contributed by atoms with van der Waals surface area (Å²) >= 11 is 0. The van der Waals surface area contributed by atoms with Crippen LogP contribution in [0.3, 0.4) is 0 Å². The van der Waals surface area contributed by atoms with Gasteiger partial charge in [-0.1, -0.05) is 12.1 Å². The first kappa shape index (κ1) is 14.9. The molecule has 3 rings (SSSR count). The Morgan fingerprint density at radius 3 is 2.65 bits per heavy atom. The third kappa shape index (κ3) is 2.95. The van der Waals surface area contributed by atoms with Crippen molar-refractivity contribution in [1.29, 1.82) is 0 Å². The predicted molar refractivity (Wildman–Crippen MR) is 80.5 cm³/mol. The molecule has 2 aromatic carbocycles. The monoisotopic (exact) mass is 314 g/mol. The standard InChI is InChI=1S/C16H14N2O5/c19-12-4-1-10(2-5-12)8-18-13-7-11(16(21)17-22)3-6-14(13)23-9-15(18)20/h1-7,19,22H,8-9H2,(H,17,21). The molecule has 7 heteroatoms. The lowest BCUT2D eigenvalue weighted by Gasteiger charge is -2.29. The van der Waals surface area contributed by atoms with Gasteiger partial charge in [-0.15, -0.1) is 0 Å². The first-order chi connectivity index (χ1) is 11.1. The van der Waals surface area contributed by atoms with Gasteiger partial charge in [0.2, 0.25) is 0 Å². The van der Waals surface area contributed by atoms with Crippen LogP contribution in [0.1, 0.15) is 15.9 Å². The minimum Gasteiger partial charge on any atom is -0.508 e. The maximum absolute atomic E-state index is 12.2. The molecule has 0 radical (unpaired) electrons. The van der Waals surface area contributed by atoms with Gasteiger partial charge in [0.15, 0.2) is 6.61 Å². The molecule has 0 unspecified atom stereocenters. The van der Waals surface area contributed by atoms with Crippen LogP contribution in [0.15, 0.2) is 42.5 Å². The predicted octanol–water partition coefficient (Wildman–Crippen LogP) is 1.44. The molecule has 0 bridgehead atoms. The Kier molecular flexibility index (Phi) is 3.86. The molecule has 0 saturated heterocycles. The number of rotatable bonds is 3. The van der Waals surface area contributed by atoms with Crippen LogP contribution >= 0.6 is 0 Å². The van der Waals surface area contributed by atoms with Crippen LogP contribution in [-0.2, 0) is 11.3 Å². The maximum Gasteiger partial charge on any atom is 0.274 e. The molecular weight excluding hydrogens is 300 g/mol. The molecule has 23 heavy (non-hydrogen) atoms. The largest absolute Gasteiger partial charge is 0.508 e. The molecule has 0 aromatic heterocycles. The smallest absolute Gasteiger partial charge is 0.274 e. The fourth-order valence-corrected chi connectivity index (χ4v) is 2.37. The van der Waals surface area contributed by atoms with E-state index in [2.05, 4.69) is 0 Å². The van der Waals surface area contributed by atoms with E-state index in [4.69, 9.17) is 9.94 Å². The van der Waals surface area contributed by atoms with Gasteiger partial charge in [0.25, 0.3) is 11.8 Å². The Balaban J connectivity index is 1.96. The molecule has 2 aromatic rings. The zero-order chi connectivity index (χ0) is 16.4. The lowest BCUT2D eigenvalue weighted by atomic mass is 10.1. The number of carbonyl (C=O) groups excluding carboxylic acids is 2. The summed E-state index contributed by atoms with van der Waals surface area (Å²) in [7, 11) is 0. The summed E-state index contributed by atoms with van der Waals surface area (Å²) in [5.74, 6) is -0.287. The van der Waals surface area contributed by atoms with Crippen molar-refractivity contribution in [3.8, 4) is 11.5 Å². The summed E-state index contributed by atoms with van der Waals surface area (Å²) in [4.78, 5) is 25.2. The van der Waals surface area contributed by atoms with Crippen LogP contribution in [0.2, 0.25) is 0 Å². The van der Waals surface area contributed by atoms with Gasteiger partial charge in [-0.2, -0.15) is 0 Å². The fraction of sp³-hybridized carbons (Fsp3) is 0.125. The molecule has 0 spiro atoms. The van der Waals surface area contributed by atoms with Crippen LogP contribution in [0, 0.1) is 0 Å². The van der Waals surface area contributed by atoms with Crippen molar-refractivity contribution in [3.63, 3.8) is 0 Å². The van der Waals surface area contributed by atoms with Gasteiger partial charge in [0, 0.05) is 5.56 Å². The van der Waals surface area contributed by atoms with Crippen LogP contribution in [0.5, 0.6) is 11.5 Å². The maximum atomic E-state index is 12.2. The quantitative estimate of drug-likeness (QED) is 0.588. The highest BCUT2D eigenvalue weighted by Crippen LogP contribution is 2.34. The second-order valence-corrected chi connectivity index (χ2v) is 5.06. The topological polar surface area (TPSA) is 99.1 Å². The highest BCUT2D eigenvalue weighted by molar-refractivity contribution is 6.01. The van der Waals surface area contributed by atoms with E-state index in [1.54, 1.807) is 23.7 Å². The normalized spacial score (nSPS) is 13.3. The number of hydrogen-bond donors (Lipinski definition) is 3. The van der Waals surface area contributed by atoms with Crippen LogP contribution in [-0.4, -0.2) is 28.7 Å². The number of nitrogens with one attached hydrogen (secondary N) is 1. The Bertz CT molecular complexity index is 758. The van der Waals surface area contributed by atoms with Crippen molar-refractivity contribution >= 4 is 17.5 Å². The highest BCUT2D eigenvalue weighted by Gasteiger charge is 2.26. The molecule has 7 nitrogen and oxygen atoms in total. The number of fused-ring (bicyclic) bond motifs is 1. The average Bonchev–Trinajstić information content (AvgIpc) is 2.58. The fourth-order valence-electron chi connectivity index (χ4n) is 2.37. The molecule has 118 valence electrons. The van der Waals surface area contributed by atoms with Gasteiger partial charge in [0.1, 0.15) is 11.5 Å². The van der Waals surface area contributed by atoms with E-state index < -0.39 is 5.91 Å². The highest BCUT2D eigenvalue weighted by atomic mass is 16.5. The molecule has 3 N–H and O–H groups in total. The lowest BCUT2D eigenvalue weighted by molar-refractivity contribution is -0.121. The molecule has 1 heterocycles. The van der Waals surface area contributed by atoms with E-state index in [0.717, 1.165) is 5.56 Å². The Hall–Kier alpha value is -3.06. The number of amides is 2. The molecular formula is C16H14N2O5. The SMILES string of the molecule is O=C(NO)c1ccc2c(c1)N(Cc1ccc(O)cc1)C(=O)CO2. The Morgan fingerprint density at radius 2 is 1.96 bits per heavy atom. The van der Waals surface area contributed by atoms with Crippen LogP contribution in [0.4, 0.5) is 5.69 Å². The van der Waals surface area contributed by atoms with Gasteiger partial charge in [0.05, 0.1) is 12.2 Å². The van der Waals surface area contributed by atoms with Crippen molar-refractivity contribution in [2.24, 2.45) is 0 Å². The van der Waals surface area contributed by atoms with Gasteiger partial charge >= 0.3 is 0 Å². The molecule has 1 aliphatic rings. The number of anilines is 1. The number of ether oxygens (including phenoxy) is 1. The number of hydrogen-bond acceptors (Lipinski definition) is 5. The minimum atomic E-state index is -0.671. The first-order valence-corrected chi connectivity index (χ1v) is 6.88. The van der Waals surface area contributed by atoms with Crippen LogP contribution < -0.4 is 15.1 Å². The summed E-state index contributed by atoms with van der Waals surface area (Å²) < 4.78 is 5.37. The number of benzene rings is 2. The summed E-state index contributed by atoms with van der Waals surface area (Å²) in [6.07, 6.45) is 0. The molecule has 0 fully saturated rings. The number of aromatic hydroxyl groups is 1. The number of phenols is 1. The summed E-state index contributed by atoms with van der Waals surface area (Å²) in [6.45, 7) is 0.191. The minimum absolute atomic E-state index is 0.0867. The zero-order valence-corrected chi connectivity index (χ0v) is 12.0. The third-order valence-corrected chi connectivity index (χ3v) is 3.54. The Morgan fingerprint density at radius 1 is 1.22 bits per heavy atom. The van der Waals surface area contributed by atoms with Crippen molar-refractivity contribution < 1.29 is 24.6 Å². The number of hydroxylamine groups is 1. The van der Waals surface area contributed by atoms with Gasteiger partial charge in [-0.05, 0) is 35.9 Å². The van der Waals surface area contributed by atoms with E-state index in [9.17, 15) is 14.7 Å². The van der Waals surface area contributed by atoms with Crippen molar-refractivity contribution in [1.82, 2.24) is 5.48 Å². The van der Waals surface area contributed by atoms with E-state index >= 15 is 0 Å². The summed E-state index contributed by atoms with van der Waals surface area (Å²) in [6, 6.07) is 11.1. The summed E-state index contributed by atoms with van der Waals surface area (Å²) in [5, 5.41) is 18.1. The Labute approximate surface area is 131 Å². The van der Waals surface area contributed by atoms with Crippen molar-refractivity contribution in [3.05, 3.63) is 53.6 Å². The van der Waals surface area contributed by atoms with E-state index in [0.29, 0.717) is 11.4 Å². The molecule has 1 aliphatic heterocycles. The molecule has 0 atom stereocenters. The second-order valence-electron chi connectivity index (χ2n) is 5.06. The van der Waals surface area contributed by atoms with Crippen LogP contribution in [0.25, 0.3) is 0 Å². The zero-order valence-electron chi connectivity index (χ0n) is 12.0. The van der Waals surface area contributed by atoms with Gasteiger partial charge in [-0.3, -0.25) is 14.8 Å². The van der Waals surface area contributed by atoms with E-state index in [1.807, 2.05) is 0 Å². The lowest BCUT2D eigenvalue weighted by Crippen LogP contribution is -2.38. The molecule has 0 aliphatic carbocycles. The van der Waals surface area contributed by atoms with Crippen molar-refractivity contribution in [2.45, 2.75) is 6.54 Å². The number of phenolic OH excluding ortho intramolecular Hbond substituents is 1. The molecule has 0 saturated carbocycles. The first-order valence-electron chi connectivity index (χ1n) is 6.88. The van der Waals surface area contributed by atoms with E-state index in [1.165, 1.54) is 29.2 Å². The average molecular weight is 314 g/mol. The van der Waals surface area contributed by atoms with E-state index in [-0.39, 0.29) is 30.4 Å². The van der Waals surface area contributed by atoms with Gasteiger partial charge < -0.3 is 14.7 Å². The number of carbonyl (C=O) groups is 2. The third-order valence-electron chi connectivity index (χ3n) is 3.54. The number of nitrogens with zero attached hydrogens (tertiary/aromatic N) is 1. The summed E-state index contributed by atoms with van der Waals surface area (Å²) in [5.41, 5.74) is 3.04. The molecule has 2 amide bonds. The van der Waals surface area contributed by atoms with Gasteiger partial charge in [-0.25, -0.2) is 5.48 Å². The second kappa shape index (κ2) is 5.98. The van der Waals surface area contributed by atoms with Crippen molar-refractivity contribution in [2.75, 3.05) is 11.5 Å².